The minimum absolute atomic E-state index is 0.338. The van der Waals surface area contributed by atoms with Gasteiger partial charge < -0.3 is 10.4 Å². The highest BCUT2D eigenvalue weighted by Gasteiger charge is 2.14. The molecule has 1 aromatic carbocycles. The van der Waals surface area contributed by atoms with Crippen molar-refractivity contribution in [2.75, 3.05) is 12.0 Å². The first-order chi connectivity index (χ1) is 10.2. The molecule has 2 N–H and O–H groups in total. The number of carbonyl (C=O) groups is 1. The van der Waals surface area contributed by atoms with E-state index in [0.29, 0.717) is 13.0 Å². The summed E-state index contributed by atoms with van der Waals surface area (Å²) in [7, 11) is 0. The Morgan fingerprint density at radius 1 is 1.48 bits per heavy atom. The SMILES string of the molecule is CSCC[C@H](O)C(=O)NCc1ccccc1-n1cncn1. The first kappa shape index (κ1) is 15.5. The van der Waals surface area contributed by atoms with Crippen LogP contribution in [0.1, 0.15) is 12.0 Å². The zero-order valence-corrected chi connectivity index (χ0v) is 12.6. The van der Waals surface area contributed by atoms with Gasteiger partial charge in [-0.3, -0.25) is 4.79 Å². The van der Waals surface area contributed by atoms with Gasteiger partial charge >= 0.3 is 0 Å². The summed E-state index contributed by atoms with van der Waals surface area (Å²) in [6.07, 6.45) is 4.50. The van der Waals surface area contributed by atoms with Crippen LogP contribution in [-0.4, -0.2) is 43.9 Å². The van der Waals surface area contributed by atoms with Gasteiger partial charge in [0.25, 0.3) is 0 Å². The fourth-order valence-corrected chi connectivity index (χ4v) is 2.34. The Bertz CT molecular complexity index is 574. The Balaban J connectivity index is 1.99. The molecule has 0 aliphatic rings. The lowest BCUT2D eigenvalue weighted by atomic mass is 10.1. The van der Waals surface area contributed by atoms with Gasteiger partial charge in [0.15, 0.2) is 0 Å². The second-order valence-corrected chi connectivity index (χ2v) is 5.47. The molecule has 0 fully saturated rings. The highest BCUT2D eigenvalue weighted by Crippen LogP contribution is 2.12. The van der Waals surface area contributed by atoms with Crippen molar-refractivity contribution in [2.24, 2.45) is 0 Å². The second kappa shape index (κ2) is 7.80. The molecule has 6 nitrogen and oxygen atoms in total. The normalized spacial score (nSPS) is 12.1. The van der Waals surface area contributed by atoms with E-state index in [2.05, 4.69) is 15.4 Å². The van der Waals surface area contributed by atoms with Crippen molar-refractivity contribution in [3.05, 3.63) is 42.5 Å². The van der Waals surface area contributed by atoms with Crippen molar-refractivity contribution in [3.63, 3.8) is 0 Å². The van der Waals surface area contributed by atoms with Gasteiger partial charge in [0.1, 0.15) is 18.8 Å². The number of para-hydroxylation sites is 1. The highest BCUT2D eigenvalue weighted by atomic mass is 32.2. The number of rotatable bonds is 7. The van der Waals surface area contributed by atoms with Gasteiger partial charge in [0, 0.05) is 6.54 Å². The largest absolute Gasteiger partial charge is 0.383 e. The van der Waals surface area contributed by atoms with Gasteiger partial charge in [-0.05, 0) is 30.1 Å². The van der Waals surface area contributed by atoms with E-state index in [4.69, 9.17) is 0 Å². The molecule has 112 valence electrons. The molecular formula is C14H18N4O2S. The third kappa shape index (κ3) is 4.30. The van der Waals surface area contributed by atoms with Crippen LogP contribution in [0.25, 0.3) is 5.69 Å². The number of aliphatic hydroxyl groups is 1. The molecule has 0 saturated heterocycles. The third-order valence-corrected chi connectivity index (χ3v) is 3.65. The summed E-state index contributed by atoms with van der Waals surface area (Å²) in [6, 6.07) is 7.60. The molecule has 7 heteroatoms. The average molecular weight is 306 g/mol. The topological polar surface area (TPSA) is 80.0 Å². The van der Waals surface area contributed by atoms with Crippen molar-refractivity contribution in [2.45, 2.75) is 19.1 Å². The summed E-state index contributed by atoms with van der Waals surface area (Å²) >= 11 is 1.60. The van der Waals surface area contributed by atoms with E-state index in [1.165, 1.54) is 6.33 Å². The van der Waals surface area contributed by atoms with Crippen LogP contribution in [0, 0.1) is 0 Å². The van der Waals surface area contributed by atoms with Crippen molar-refractivity contribution in [1.29, 1.82) is 0 Å². The monoisotopic (exact) mass is 306 g/mol. The molecule has 0 saturated carbocycles. The van der Waals surface area contributed by atoms with Crippen LogP contribution >= 0.6 is 11.8 Å². The number of benzene rings is 1. The molecule has 0 bridgehead atoms. The van der Waals surface area contributed by atoms with E-state index in [-0.39, 0.29) is 5.91 Å². The average Bonchev–Trinajstić information content (AvgIpc) is 3.04. The lowest BCUT2D eigenvalue weighted by Gasteiger charge is -2.13. The first-order valence-corrected chi connectivity index (χ1v) is 7.99. The van der Waals surface area contributed by atoms with E-state index >= 15 is 0 Å². The fourth-order valence-electron chi connectivity index (χ4n) is 1.88. The number of aromatic nitrogens is 3. The number of aliphatic hydroxyl groups excluding tert-OH is 1. The molecule has 1 amide bonds. The second-order valence-electron chi connectivity index (χ2n) is 4.48. The molecule has 2 rings (SSSR count). The Morgan fingerprint density at radius 2 is 2.29 bits per heavy atom. The standard InChI is InChI=1S/C14H18N4O2S/c1-21-7-6-13(19)14(20)16-8-11-4-2-3-5-12(11)18-10-15-9-17-18/h2-5,9-10,13,19H,6-8H2,1H3,(H,16,20)/t13-/m0/s1. The van der Waals surface area contributed by atoms with Crippen molar-refractivity contribution < 1.29 is 9.90 Å². The number of hydrogen-bond acceptors (Lipinski definition) is 5. The number of amides is 1. The summed E-state index contributed by atoms with van der Waals surface area (Å²) in [6.45, 7) is 0.338. The predicted molar refractivity (Wildman–Crippen MR) is 82.2 cm³/mol. The quantitative estimate of drug-likeness (QED) is 0.797. The molecule has 1 atom stereocenters. The molecule has 0 spiro atoms. The minimum Gasteiger partial charge on any atom is -0.383 e. The molecule has 1 heterocycles. The maximum Gasteiger partial charge on any atom is 0.249 e. The first-order valence-electron chi connectivity index (χ1n) is 6.60. The van der Waals surface area contributed by atoms with Gasteiger partial charge in [-0.15, -0.1) is 0 Å². The number of carbonyl (C=O) groups excluding carboxylic acids is 1. The fraction of sp³-hybridized carbons (Fsp3) is 0.357. The van der Waals surface area contributed by atoms with Gasteiger partial charge in [-0.1, -0.05) is 18.2 Å². The lowest BCUT2D eigenvalue weighted by molar-refractivity contribution is -0.129. The molecule has 2 aromatic rings. The molecule has 0 radical (unpaired) electrons. The molecule has 0 aliphatic carbocycles. The Kier molecular flexibility index (Phi) is 5.77. The summed E-state index contributed by atoms with van der Waals surface area (Å²) < 4.78 is 1.64. The van der Waals surface area contributed by atoms with Crippen LogP contribution in [0.4, 0.5) is 0 Å². The number of nitrogens with zero attached hydrogens (tertiary/aromatic N) is 3. The maximum absolute atomic E-state index is 11.8. The summed E-state index contributed by atoms with van der Waals surface area (Å²) in [5, 5.41) is 16.6. The third-order valence-electron chi connectivity index (χ3n) is 3.01. The van der Waals surface area contributed by atoms with Gasteiger partial charge in [0.05, 0.1) is 5.69 Å². The van der Waals surface area contributed by atoms with Crippen LogP contribution in [0.5, 0.6) is 0 Å². The lowest BCUT2D eigenvalue weighted by Crippen LogP contribution is -2.34. The smallest absolute Gasteiger partial charge is 0.249 e. The Labute approximate surface area is 127 Å². The van der Waals surface area contributed by atoms with E-state index in [0.717, 1.165) is 17.0 Å². The molecule has 0 aliphatic heterocycles. The molecule has 1 aromatic heterocycles. The number of hydrogen-bond donors (Lipinski definition) is 2. The predicted octanol–water partition coefficient (Wildman–Crippen LogP) is 0.997. The number of thioether (sulfide) groups is 1. The van der Waals surface area contributed by atoms with E-state index in [1.807, 2.05) is 30.5 Å². The zero-order valence-electron chi connectivity index (χ0n) is 11.8. The van der Waals surface area contributed by atoms with E-state index in [1.54, 1.807) is 22.8 Å². The zero-order chi connectivity index (χ0) is 15.1. The van der Waals surface area contributed by atoms with Crippen molar-refractivity contribution in [3.8, 4) is 5.69 Å². The van der Waals surface area contributed by atoms with Crippen LogP contribution in [0.2, 0.25) is 0 Å². The molecular weight excluding hydrogens is 288 g/mol. The summed E-state index contributed by atoms with van der Waals surface area (Å²) in [5.74, 6) is 0.405. The van der Waals surface area contributed by atoms with Crippen LogP contribution in [-0.2, 0) is 11.3 Å². The Morgan fingerprint density at radius 3 is 3.00 bits per heavy atom. The van der Waals surface area contributed by atoms with Gasteiger partial charge in [0.2, 0.25) is 5.91 Å². The highest BCUT2D eigenvalue weighted by molar-refractivity contribution is 7.98. The van der Waals surface area contributed by atoms with Crippen molar-refractivity contribution >= 4 is 17.7 Å². The number of nitrogens with one attached hydrogen (secondary N) is 1. The van der Waals surface area contributed by atoms with E-state index in [9.17, 15) is 9.90 Å². The minimum atomic E-state index is -0.962. The van der Waals surface area contributed by atoms with Gasteiger partial charge in [-0.2, -0.15) is 16.9 Å². The Hall–Kier alpha value is -1.86. The maximum atomic E-state index is 11.8. The summed E-state index contributed by atoms with van der Waals surface area (Å²) in [5.41, 5.74) is 1.77. The van der Waals surface area contributed by atoms with Crippen LogP contribution in [0.3, 0.4) is 0 Å². The summed E-state index contributed by atoms with van der Waals surface area (Å²) in [4.78, 5) is 15.7. The van der Waals surface area contributed by atoms with Gasteiger partial charge in [-0.25, -0.2) is 9.67 Å². The van der Waals surface area contributed by atoms with Crippen LogP contribution in [0.15, 0.2) is 36.9 Å². The van der Waals surface area contributed by atoms with Crippen molar-refractivity contribution in [1.82, 2.24) is 20.1 Å². The molecule has 0 unspecified atom stereocenters. The van der Waals surface area contributed by atoms with E-state index < -0.39 is 6.10 Å². The van der Waals surface area contributed by atoms with Crippen LogP contribution < -0.4 is 5.32 Å². The molecule has 21 heavy (non-hydrogen) atoms.